The topological polar surface area (TPSA) is 38.3 Å². The van der Waals surface area contributed by atoms with E-state index in [1.165, 1.54) is 0 Å². The number of benzene rings is 2. The Hall–Kier alpha value is -2.29. The number of anilines is 1. The van der Waals surface area contributed by atoms with Crippen molar-refractivity contribution in [3.05, 3.63) is 59.7 Å². The van der Waals surface area contributed by atoms with Crippen molar-refractivity contribution in [1.29, 1.82) is 0 Å². The number of amides is 1. The number of hydrogen-bond donors (Lipinski definition) is 1. The molecule has 0 saturated heterocycles. The first-order valence-electron chi connectivity index (χ1n) is 7.20. The molecule has 2 aromatic carbocycles. The quantitative estimate of drug-likeness (QED) is 0.897. The van der Waals surface area contributed by atoms with Gasteiger partial charge in [0.15, 0.2) is 6.10 Å². The first kappa shape index (κ1) is 15.1. The largest absolute Gasteiger partial charge is 0.480 e. The molecule has 0 aliphatic rings. The minimum absolute atomic E-state index is 0.121. The molecule has 0 fully saturated rings. The minimum atomic E-state index is -0.495. The van der Waals surface area contributed by atoms with E-state index in [4.69, 9.17) is 4.74 Å². The summed E-state index contributed by atoms with van der Waals surface area (Å²) in [7, 11) is 0. The molecule has 0 saturated carbocycles. The zero-order valence-electron chi connectivity index (χ0n) is 12.7. The average Bonchev–Trinajstić information content (AvgIpc) is 2.49. The maximum atomic E-state index is 12.3. The van der Waals surface area contributed by atoms with Crippen LogP contribution in [0.25, 0.3) is 0 Å². The van der Waals surface area contributed by atoms with Gasteiger partial charge in [-0.15, -0.1) is 0 Å². The molecule has 1 amide bonds. The number of hydrogen-bond acceptors (Lipinski definition) is 2. The summed E-state index contributed by atoms with van der Waals surface area (Å²) in [6, 6.07) is 15.4. The van der Waals surface area contributed by atoms with E-state index in [2.05, 4.69) is 5.32 Å². The third kappa shape index (κ3) is 4.09. The molecule has 2 aromatic rings. The highest BCUT2D eigenvalue weighted by atomic mass is 16.5. The van der Waals surface area contributed by atoms with E-state index in [1.807, 2.05) is 69.3 Å². The molecule has 0 bridgehead atoms. The number of nitrogens with one attached hydrogen (secondary N) is 1. The van der Waals surface area contributed by atoms with Crippen LogP contribution in [0.4, 0.5) is 5.69 Å². The Morgan fingerprint density at radius 3 is 2.52 bits per heavy atom. The van der Waals surface area contributed by atoms with Gasteiger partial charge in [-0.05, 0) is 49.6 Å². The lowest BCUT2D eigenvalue weighted by atomic mass is 10.1. The molecule has 0 heterocycles. The number of aryl methyl sites for hydroxylation is 2. The summed E-state index contributed by atoms with van der Waals surface area (Å²) in [5.74, 6) is 0.648. The lowest BCUT2D eigenvalue weighted by molar-refractivity contribution is -0.122. The molecule has 0 aromatic heterocycles. The summed E-state index contributed by atoms with van der Waals surface area (Å²) in [5, 5.41) is 2.88. The fourth-order valence-electron chi connectivity index (χ4n) is 2.05. The third-order valence-corrected chi connectivity index (χ3v) is 3.32. The molecule has 0 aliphatic heterocycles. The van der Waals surface area contributed by atoms with Gasteiger partial charge in [0.05, 0.1) is 0 Å². The van der Waals surface area contributed by atoms with Crippen LogP contribution < -0.4 is 10.1 Å². The second kappa shape index (κ2) is 6.93. The Morgan fingerprint density at radius 2 is 1.86 bits per heavy atom. The highest BCUT2D eigenvalue weighted by molar-refractivity contribution is 5.94. The fourth-order valence-corrected chi connectivity index (χ4v) is 2.05. The van der Waals surface area contributed by atoms with Gasteiger partial charge in [0.25, 0.3) is 5.91 Å². The van der Waals surface area contributed by atoms with Crippen molar-refractivity contribution in [2.75, 3.05) is 5.32 Å². The monoisotopic (exact) mass is 283 g/mol. The average molecular weight is 283 g/mol. The number of ether oxygens (including phenoxy) is 1. The van der Waals surface area contributed by atoms with Gasteiger partial charge in [0.1, 0.15) is 5.75 Å². The Kier molecular flexibility index (Phi) is 4.99. The predicted octanol–water partition coefficient (Wildman–Crippen LogP) is 4.10. The van der Waals surface area contributed by atoms with Crippen LogP contribution in [0.1, 0.15) is 24.5 Å². The summed E-state index contributed by atoms with van der Waals surface area (Å²) in [4.78, 5) is 12.3. The van der Waals surface area contributed by atoms with Gasteiger partial charge in [0, 0.05) is 5.69 Å². The van der Waals surface area contributed by atoms with Crippen LogP contribution in [0.5, 0.6) is 5.75 Å². The van der Waals surface area contributed by atoms with Gasteiger partial charge in [-0.1, -0.05) is 37.3 Å². The van der Waals surface area contributed by atoms with Gasteiger partial charge in [-0.3, -0.25) is 4.79 Å². The Bertz CT molecular complexity index is 608. The highest BCUT2D eigenvalue weighted by Crippen LogP contribution is 2.21. The van der Waals surface area contributed by atoms with E-state index in [-0.39, 0.29) is 5.91 Å². The summed E-state index contributed by atoms with van der Waals surface area (Å²) in [5.41, 5.74) is 2.94. The molecular weight excluding hydrogens is 262 g/mol. The van der Waals surface area contributed by atoms with E-state index >= 15 is 0 Å². The molecular formula is C18H21NO2. The molecule has 3 nitrogen and oxygen atoms in total. The molecule has 1 N–H and O–H groups in total. The van der Waals surface area contributed by atoms with Crippen molar-refractivity contribution in [3.63, 3.8) is 0 Å². The van der Waals surface area contributed by atoms with Crippen LogP contribution in [-0.4, -0.2) is 12.0 Å². The lowest BCUT2D eigenvalue weighted by Gasteiger charge is -2.19. The molecule has 1 atom stereocenters. The van der Waals surface area contributed by atoms with Crippen LogP contribution in [0.2, 0.25) is 0 Å². The van der Waals surface area contributed by atoms with Crippen molar-refractivity contribution in [2.45, 2.75) is 33.3 Å². The van der Waals surface area contributed by atoms with Gasteiger partial charge < -0.3 is 10.1 Å². The molecule has 3 heteroatoms. The standard InChI is InChI=1S/C18H21NO2/c1-4-16(18(20)19-15-8-6-5-7-9-15)21-17-12-13(2)10-11-14(17)3/h5-12,16H,4H2,1-3H3,(H,19,20). The maximum Gasteiger partial charge on any atom is 0.265 e. The highest BCUT2D eigenvalue weighted by Gasteiger charge is 2.19. The van der Waals surface area contributed by atoms with E-state index in [0.717, 1.165) is 22.6 Å². The van der Waals surface area contributed by atoms with E-state index in [9.17, 15) is 4.79 Å². The summed E-state index contributed by atoms with van der Waals surface area (Å²) in [6.45, 7) is 5.94. The summed E-state index contributed by atoms with van der Waals surface area (Å²) >= 11 is 0. The normalized spacial score (nSPS) is 11.8. The van der Waals surface area contributed by atoms with E-state index in [0.29, 0.717) is 6.42 Å². The number of carbonyl (C=O) groups excluding carboxylic acids is 1. The number of para-hydroxylation sites is 1. The molecule has 0 spiro atoms. The van der Waals surface area contributed by atoms with E-state index in [1.54, 1.807) is 0 Å². The van der Waals surface area contributed by atoms with Crippen LogP contribution in [0, 0.1) is 13.8 Å². The second-order valence-electron chi connectivity index (χ2n) is 5.14. The van der Waals surface area contributed by atoms with Gasteiger partial charge in [-0.25, -0.2) is 0 Å². The van der Waals surface area contributed by atoms with Crippen molar-refractivity contribution in [1.82, 2.24) is 0 Å². The second-order valence-corrected chi connectivity index (χ2v) is 5.14. The van der Waals surface area contributed by atoms with Gasteiger partial charge >= 0.3 is 0 Å². The molecule has 1 unspecified atom stereocenters. The van der Waals surface area contributed by atoms with Crippen molar-refractivity contribution in [3.8, 4) is 5.75 Å². The number of carbonyl (C=O) groups is 1. The fraction of sp³-hybridized carbons (Fsp3) is 0.278. The SMILES string of the molecule is CCC(Oc1cc(C)ccc1C)C(=O)Nc1ccccc1. The summed E-state index contributed by atoms with van der Waals surface area (Å²) in [6.07, 6.45) is 0.122. The zero-order chi connectivity index (χ0) is 15.2. The molecule has 21 heavy (non-hydrogen) atoms. The zero-order valence-corrected chi connectivity index (χ0v) is 12.7. The predicted molar refractivity (Wildman–Crippen MR) is 85.7 cm³/mol. The Balaban J connectivity index is 2.09. The minimum Gasteiger partial charge on any atom is -0.480 e. The molecule has 0 aliphatic carbocycles. The first-order valence-corrected chi connectivity index (χ1v) is 7.20. The molecule has 0 radical (unpaired) electrons. The van der Waals surface area contributed by atoms with Crippen molar-refractivity contribution in [2.24, 2.45) is 0 Å². The van der Waals surface area contributed by atoms with Crippen LogP contribution in [0.15, 0.2) is 48.5 Å². The smallest absolute Gasteiger partial charge is 0.265 e. The molecule has 2 rings (SSSR count). The van der Waals surface area contributed by atoms with Crippen LogP contribution >= 0.6 is 0 Å². The van der Waals surface area contributed by atoms with Gasteiger partial charge in [0.2, 0.25) is 0 Å². The number of rotatable bonds is 5. The Labute approximate surface area is 126 Å². The van der Waals surface area contributed by atoms with Gasteiger partial charge in [-0.2, -0.15) is 0 Å². The van der Waals surface area contributed by atoms with Crippen molar-refractivity contribution < 1.29 is 9.53 Å². The third-order valence-electron chi connectivity index (χ3n) is 3.32. The Morgan fingerprint density at radius 1 is 1.14 bits per heavy atom. The molecule has 110 valence electrons. The maximum absolute atomic E-state index is 12.3. The van der Waals surface area contributed by atoms with Crippen LogP contribution in [0.3, 0.4) is 0 Å². The summed E-state index contributed by atoms with van der Waals surface area (Å²) < 4.78 is 5.90. The van der Waals surface area contributed by atoms with E-state index < -0.39 is 6.10 Å². The first-order chi connectivity index (χ1) is 10.1. The lowest BCUT2D eigenvalue weighted by Crippen LogP contribution is -2.32. The van der Waals surface area contributed by atoms with Crippen LogP contribution in [-0.2, 0) is 4.79 Å². The van der Waals surface area contributed by atoms with Crippen molar-refractivity contribution >= 4 is 11.6 Å².